The summed E-state index contributed by atoms with van der Waals surface area (Å²) in [5.41, 5.74) is 4.17. The van der Waals surface area contributed by atoms with Gasteiger partial charge in [-0.1, -0.05) is 19.1 Å². The van der Waals surface area contributed by atoms with Gasteiger partial charge < -0.3 is 4.90 Å². The molecule has 4 heteroatoms. The highest BCUT2D eigenvalue weighted by Gasteiger charge is 2.31. The summed E-state index contributed by atoms with van der Waals surface area (Å²) >= 11 is 4.97. The Morgan fingerprint density at radius 2 is 2.62 bits per heavy atom. The van der Waals surface area contributed by atoms with E-state index in [1.54, 1.807) is 5.37 Å². The number of nitrogens with one attached hydrogen (secondary N) is 1. The van der Waals surface area contributed by atoms with Gasteiger partial charge in [0, 0.05) is 17.5 Å². The molecular formula is C9H14N2OS. The molecule has 2 aliphatic rings. The number of fused-ring (bicyclic) bond motifs is 1. The zero-order chi connectivity index (χ0) is 9.26. The van der Waals surface area contributed by atoms with Crippen LogP contribution in [0, 0.1) is 0 Å². The Morgan fingerprint density at radius 3 is 3.31 bits per heavy atom. The summed E-state index contributed by atoms with van der Waals surface area (Å²) in [5.74, 6) is 1.09. The van der Waals surface area contributed by atoms with Crippen molar-refractivity contribution in [2.75, 3.05) is 6.54 Å². The number of allylic oxidation sites excluding steroid dienone is 1. The van der Waals surface area contributed by atoms with Crippen molar-refractivity contribution in [2.24, 2.45) is 0 Å². The van der Waals surface area contributed by atoms with E-state index in [-0.39, 0.29) is 6.23 Å². The predicted molar refractivity (Wildman–Crippen MR) is 54.9 cm³/mol. The van der Waals surface area contributed by atoms with Gasteiger partial charge >= 0.3 is 0 Å². The third kappa shape index (κ3) is 1.44. The lowest BCUT2D eigenvalue weighted by atomic mass is 10.1. The summed E-state index contributed by atoms with van der Waals surface area (Å²) in [5, 5.41) is 1.76. The lowest BCUT2D eigenvalue weighted by Crippen LogP contribution is -2.33. The first-order valence-corrected chi connectivity index (χ1v) is 5.20. The summed E-state index contributed by atoms with van der Waals surface area (Å²) in [6.45, 7) is 3.20. The number of hydrogen-bond acceptors (Lipinski definition) is 4. The van der Waals surface area contributed by atoms with Crippen LogP contribution < -0.4 is 5.48 Å². The third-order valence-electron chi connectivity index (χ3n) is 2.57. The van der Waals surface area contributed by atoms with Gasteiger partial charge in [0.1, 0.15) is 5.82 Å². The van der Waals surface area contributed by atoms with E-state index in [1.165, 1.54) is 12.0 Å². The van der Waals surface area contributed by atoms with Gasteiger partial charge in [0.15, 0.2) is 6.23 Å². The van der Waals surface area contributed by atoms with Crippen molar-refractivity contribution in [3.8, 4) is 0 Å². The monoisotopic (exact) mass is 198 g/mol. The van der Waals surface area contributed by atoms with Crippen LogP contribution >= 0.6 is 12.2 Å². The molecule has 3 nitrogen and oxygen atoms in total. The second kappa shape index (κ2) is 3.64. The van der Waals surface area contributed by atoms with Gasteiger partial charge in [0.25, 0.3) is 0 Å². The molecule has 2 heterocycles. The van der Waals surface area contributed by atoms with Crippen LogP contribution in [0.1, 0.15) is 26.2 Å². The van der Waals surface area contributed by atoms with Crippen LogP contribution in [-0.2, 0) is 4.84 Å². The molecule has 72 valence electrons. The normalized spacial score (nSPS) is 27.2. The van der Waals surface area contributed by atoms with E-state index in [0.717, 1.165) is 25.2 Å². The fourth-order valence-corrected chi connectivity index (χ4v) is 2.10. The van der Waals surface area contributed by atoms with Crippen molar-refractivity contribution in [1.29, 1.82) is 0 Å². The molecule has 2 aliphatic heterocycles. The Labute approximate surface area is 83.7 Å². The van der Waals surface area contributed by atoms with Crippen molar-refractivity contribution in [3.05, 3.63) is 11.4 Å². The van der Waals surface area contributed by atoms with Crippen molar-refractivity contribution < 1.29 is 4.84 Å². The van der Waals surface area contributed by atoms with E-state index in [4.69, 9.17) is 17.1 Å². The fraction of sp³-hybridized carbons (Fsp3) is 0.667. The summed E-state index contributed by atoms with van der Waals surface area (Å²) in [6.07, 6.45) is 3.44. The van der Waals surface area contributed by atoms with Gasteiger partial charge in [0.05, 0.1) is 0 Å². The summed E-state index contributed by atoms with van der Waals surface area (Å²) in [6, 6.07) is 0. The molecule has 0 aromatic heterocycles. The van der Waals surface area contributed by atoms with Crippen LogP contribution in [0.3, 0.4) is 0 Å². The van der Waals surface area contributed by atoms with E-state index < -0.39 is 0 Å². The van der Waals surface area contributed by atoms with Crippen molar-refractivity contribution >= 4 is 17.6 Å². The minimum atomic E-state index is 0.195. The Balaban J connectivity index is 2.25. The quantitative estimate of drug-likeness (QED) is 0.681. The zero-order valence-electron chi connectivity index (χ0n) is 7.75. The molecule has 13 heavy (non-hydrogen) atoms. The lowest BCUT2D eigenvalue weighted by molar-refractivity contribution is -0.0115. The largest absolute Gasteiger partial charge is 0.329 e. The van der Waals surface area contributed by atoms with Crippen LogP contribution in [0.25, 0.3) is 0 Å². The first-order chi connectivity index (χ1) is 6.36. The van der Waals surface area contributed by atoms with E-state index in [0.29, 0.717) is 0 Å². The molecule has 0 radical (unpaired) electrons. The number of thiocarbonyl (C=S) groups is 1. The smallest absolute Gasteiger partial charge is 0.158 e. The van der Waals surface area contributed by atoms with Crippen LogP contribution in [0.4, 0.5) is 0 Å². The molecule has 1 saturated heterocycles. The number of nitrogens with zero attached hydrogens (tertiary/aromatic N) is 1. The molecule has 1 unspecified atom stereocenters. The lowest BCUT2D eigenvalue weighted by Gasteiger charge is -2.27. The highest BCUT2D eigenvalue weighted by Crippen LogP contribution is 2.27. The highest BCUT2D eigenvalue weighted by molar-refractivity contribution is 7.79. The molecule has 1 fully saturated rings. The molecule has 2 rings (SSSR count). The second-order valence-electron chi connectivity index (χ2n) is 3.37. The van der Waals surface area contributed by atoms with Gasteiger partial charge in [0.2, 0.25) is 0 Å². The van der Waals surface area contributed by atoms with Gasteiger partial charge in [-0.15, -0.1) is 0 Å². The highest BCUT2D eigenvalue weighted by atomic mass is 32.1. The van der Waals surface area contributed by atoms with Gasteiger partial charge in [-0.2, -0.15) is 0 Å². The maximum atomic E-state index is 5.43. The molecule has 0 amide bonds. The standard InChI is InChI=1S/C9H14N2OS/c1-2-8-11-5-3-4-7(6-13)9(11)10-12-8/h6,8,10H,2-5H2,1H3. The molecule has 1 atom stereocenters. The Morgan fingerprint density at radius 1 is 1.77 bits per heavy atom. The first-order valence-electron chi connectivity index (χ1n) is 4.73. The predicted octanol–water partition coefficient (Wildman–Crippen LogP) is 1.56. The Hall–Kier alpha value is -0.610. The average Bonchev–Trinajstić information content (AvgIpc) is 2.60. The molecular weight excluding hydrogens is 184 g/mol. The maximum absolute atomic E-state index is 5.43. The van der Waals surface area contributed by atoms with Crippen molar-refractivity contribution in [3.63, 3.8) is 0 Å². The molecule has 0 bridgehead atoms. The first kappa shape index (κ1) is 8.97. The van der Waals surface area contributed by atoms with E-state index in [2.05, 4.69) is 17.3 Å². The fourth-order valence-electron chi connectivity index (χ4n) is 1.87. The minimum Gasteiger partial charge on any atom is -0.329 e. The summed E-state index contributed by atoms with van der Waals surface area (Å²) in [7, 11) is 0. The van der Waals surface area contributed by atoms with E-state index >= 15 is 0 Å². The van der Waals surface area contributed by atoms with Gasteiger partial charge in [-0.25, -0.2) is 10.3 Å². The number of hydrogen-bond donors (Lipinski definition) is 1. The number of rotatable bonds is 2. The molecule has 0 aliphatic carbocycles. The van der Waals surface area contributed by atoms with Crippen LogP contribution in [-0.4, -0.2) is 23.0 Å². The topological polar surface area (TPSA) is 24.5 Å². The third-order valence-corrected chi connectivity index (χ3v) is 2.85. The van der Waals surface area contributed by atoms with E-state index in [1.807, 2.05) is 0 Å². The molecule has 0 saturated carbocycles. The van der Waals surface area contributed by atoms with E-state index in [9.17, 15) is 0 Å². The summed E-state index contributed by atoms with van der Waals surface area (Å²) in [4.78, 5) is 7.70. The van der Waals surface area contributed by atoms with Crippen molar-refractivity contribution in [1.82, 2.24) is 10.4 Å². The molecule has 0 spiro atoms. The second-order valence-corrected chi connectivity index (χ2v) is 3.61. The van der Waals surface area contributed by atoms with Crippen LogP contribution in [0.5, 0.6) is 0 Å². The maximum Gasteiger partial charge on any atom is 0.158 e. The average molecular weight is 198 g/mol. The zero-order valence-corrected chi connectivity index (χ0v) is 8.56. The molecule has 0 aromatic carbocycles. The molecule has 1 N–H and O–H groups in total. The van der Waals surface area contributed by atoms with Crippen molar-refractivity contribution in [2.45, 2.75) is 32.4 Å². The summed E-state index contributed by atoms with van der Waals surface area (Å²) < 4.78 is 0. The Kier molecular flexibility index (Phi) is 2.51. The van der Waals surface area contributed by atoms with Crippen LogP contribution in [0.15, 0.2) is 11.4 Å². The number of hydroxylamine groups is 1. The van der Waals surface area contributed by atoms with Crippen LogP contribution in [0.2, 0.25) is 0 Å². The Bertz CT molecular complexity index is 252. The van der Waals surface area contributed by atoms with Gasteiger partial charge in [-0.3, -0.25) is 0 Å². The minimum absolute atomic E-state index is 0.195. The SMILES string of the molecule is CCC1ONC2=C(C=S)CCCN21. The van der Waals surface area contributed by atoms with Gasteiger partial charge in [-0.05, 0) is 19.3 Å². The molecule has 0 aromatic rings.